The van der Waals surface area contributed by atoms with E-state index >= 15 is 0 Å². The number of hydrogen-bond donors (Lipinski definition) is 0. The highest BCUT2D eigenvalue weighted by Gasteiger charge is 2.25. The van der Waals surface area contributed by atoms with Crippen LogP contribution in [0.1, 0.15) is 32.1 Å². The largest absolute Gasteiger partial charge is 0.306 e. The number of nitrogens with zero attached hydrogens (tertiary/aromatic N) is 1. The van der Waals surface area contributed by atoms with Gasteiger partial charge in [0.15, 0.2) is 0 Å². The van der Waals surface area contributed by atoms with E-state index in [-0.39, 0.29) is 0 Å². The third kappa shape index (κ3) is 1.76. The maximum Gasteiger partial charge on any atom is 0.000719 e. The quantitative estimate of drug-likeness (QED) is 0.587. The van der Waals surface area contributed by atoms with Gasteiger partial charge in [0.05, 0.1) is 0 Å². The fraction of sp³-hybridized carbons (Fsp3) is 1.00. The van der Waals surface area contributed by atoms with Gasteiger partial charge < -0.3 is 4.90 Å². The SMILES string of the molecule is CN1CC[C@H](CC2CCC2)C1. The van der Waals surface area contributed by atoms with Gasteiger partial charge in [-0.2, -0.15) is 0 Å². The first-order valence-corrected chi connectivity index (χ1v) is 5.03. The zero-order valence-electron chi connectivity index (χ0n) is 7.55. The molecule has 1 heteroatoms. The van der Waals surface area contributed by atoms with Gasteiger partial charge >= 0.3 is 0 Å². The lowest BCUT2D eigenvalue weighted by Gasteiger charge is -2.27. The van der Waals surface area contributed by atoms with Crippen LogP contribution in [0.15, 0.2) is 0 Å². The standard InChI is InChI=1S/C10H19N/c1-11-6-5-10(8-11)7-9-3-2-4-9/h9-10H,2-8H2,1H3/t10-/m1/s1. The Labute approximate surface area is 69.8 Å². The Morgan fingerprint density at radius 3 is 2.45 bits per heavy atom. The van der Waals surface area contributed by atoms with Crippen molar-refractivity contribution in [2.45, 2.75) is 32.1 Å². The lowest BCUT2D eigenvalue weighted by molar-refractivity contribution is 0.248. The number of rotatable bonds is 2. The fourth-order valence-electron chi connectivity index (χ4n) is 2.42. The first kappa shape index (κ1) is 7.60. The summed E-state index contributed by atoms with van der Waals surface area (Å²) in [5, 5.41) is 0. The molecule has 1 aliphatic carbocycles. The van der Waals surface area contributed by atoms with Crippen molar-refractivity contribution in [2.75, 3.05) is 20.1 Å². The van der Waals surface area contributed by atoms with Crippen molar-refractivity contribution in [1.29, 1.82) is 0 Å². The molecule has 1 saturated carbocycles. The molecule has 64 valence electrons. The zero-order chi connectivity index (χ0) is 7.68. The Morgan fingerprint density at radius 2 is 2.00 bits per heavy atom. The van der Waals surface area contributed by atoms with Gasteiger partial charge in [-0.3, -0.25) is 0 Å². The fourth-order valence-corrected chi connectivity index (χ4v) is 2.42. The second-order valence-corrected chi connectivity index (χ2v) is 4.45. The molecule has 1 aliphatic heterocycles. The molecule has 0 aromatic heterocycles. The summed E-state index contributed by atoms with van der Waals surface area (Å²) < 4.78 is 0. The van der Waals surface area contributed by atoms with E-state index in [0.717, 1.165) is 11.8 Å². The second kappa shape index (κ2) is 3.14. The van der Waals surface area contributed by atoms with Crippen LogP contribution in [0.4, 0.5) is 0 Å². The number of hydrogen-bond acceptors (Lipinski definition) is 1. The summed E-state index contributed by atoms with van der Waals surface area (Å²) in [6.45, 7) is 2.72. The smallest absolute Gasteiger partial charge is 0.000719 e. The monoisotopic (exact) mass is 153 g/mol. The van der Waals surface area contributed by atoms with Crippen molar-refractivity contribution in [2.24, 2.45) is 11.8 Å². The van der Waals surface area contributed by atoms with Crippen molar-refractivity contribution in [1.82, 2.24) is 4.90 Å². The van der Waals surface area contributed by atoms with Gasteiger partial charge in [-0.05, 0) is 38.3 Å². The van der Waals surface area contributed by atoms with Crippen LogP contribution < -0.4 is 0 Å². The maximum atomic E-state index is 2.48. The van der Waals surface area contributed by atoms with E-state index in [0.29, 0.717) is 0 Å². The van der Waals surface area contributed by atoms with Crippen molar-refractivity contribution >= 4 is 0 Å². The molecule has 0 spiro atoms. The van der Waals surface area contributed by atoms with Gasteiger partial charge in [-0.15, -0.1) is 0 Å². The highest BCUT2D eigenvalue weighted by Crippen LogP contribution is 2.34. The molecule has 0 bridgehead atoms. The highest BCUT2D eigenvalue weighted by molar-refractivity contribution is 4.79. The topological polar surface area (TPSA) is 3.24 Å². The van der Waals surface area contributed by atoms with E-state index in [9.17, 15) is 0 Å². The summed E-state index contributed by atoms with van der Waals surface area (Å²) in [5.74, 6) is 2.16. The molecule has 1 atom stereocenters. The van der Waals surface area contributed by atoms with Crippen LogP contribution in [0, 0.1) is 11.8 Å². The molecule has 2 fully saturated rings. The molecule has 2 aliphatic rings. The summed E-state index contributed by atoms with van der Waals surface area (Å²) in [5.41, 5.74) is 0. The Balaban J connectivity index is 1.70. The third-order valence-electron chi connectivity index (χ3n) is 3.38. The zero-order valence-corrected chi connectivity index (χ0v) is 7.55. The molecule has 0 aromatic rings. The Hall–Kier alpha value is -0.0400. The minimum atomic E-state index is 1.05. The molecule has 11 heavy (non-hydrogen) atoms. The van der Waals surface area contributed by atoms with E-state index < -0.39 is 0 Å². The average molecular weight is 153 g/mol. The first-order chi connectivity index (χ1) is 5.34. The van der Waals surface area contributed by atoms with E-state index in [1.165, 1.54) is 45.2 Å². The Morgan fingerprint density at radius 1 is 1.18 bits per heavy atom. The van der Waals surface area contributed by atoms with Crippen LogP contribution in [0.5, 0.6) is 0 Å². The van der Waals surface area contributed by atoms with Gasteiger partial charge in [-0.25, -0.2) is 0 Å². The van der Waals surface area contributed by atoms with Crippen LogP contribution >= 0.6 is 0 Å². The molecule has 0 radical (unpaired) electrons. The van der Waals surface area contributed by atoms with Crippen molar-refractivity contribution in [3.63, 3.8) is 0 Å². The molecule has 0 amide bonds. The van der Waals surface area contributed by atoms with E-state index in [2.05, 4.69) is 11.9 Å². The lowest BCUT2D eigenvalue weighted by atomic mass is 9.79. The predicted octanol–water partition coefficient (Wildman–Crippen LogP) is 2.13. The minimum absolute atomic E-state index is 1.05. The molecule has 2 rings (SSSR count). The summed E-state index contributed by atoms with van der Waals surface area (Å²) >= 11 is 0. The van der Waals surface area contributed by atoms with Gasteiger partial charge in [0.25, 0.3) is 0 Å². The molecule has 1 nitrogen and oxygen atoms in total. The van der Waals surface area contributed by atoms with Crippen molar-refractivity contribution in [3.8, 4) is 0 Å². The van der Waals surface area contributed by atoms with Crippen LogP contribution in [0.3, 0.4) is 0 Å². The van der Waals surface area contributed by atoms with Crippen LogP contribution in [0.2, 0.25) is 0 Å². The summed E-state index contributed by atoms with van der Waals surface area (Å²) in [6, 6.07) is 0. The third-order valence-corrected chi connectivity index (χ3v) is 3.38. The van der Waals surface area contributed by atoms with Crippen LogP contribution in [-0.4, -0.2) is 25.0 Å². The van der Waals surface area contributed by atoms with E-state index in [1.54, 1.807) is 0 Å². The first-order valence-electron chi connectivity index (χ1n) is 5.03. The highest BCUT2D eigenvalue weighted by atomic mass is 15.1. The van der Waals surface area contributed by atoms with E-state index in [1.807, 2.05) is 0 Å². The van der Waals surface area contributed by atoms with Gasteiger partial charge in [-0.1, -0.05) is 19.3 Å². The van der Waals surface area contributed by atoms with Crippen LogP contribution in [-0.2, 0) is 0 Å². The maximum absolute atomic E-state index is 2.48. The minimum Gasteiger partial charge on any atom is -0.306 e. The van der Waals surface area contributed by atoms with Crippen LogP contribution in [0.25, 0.3) is 0 Å². The van der Waals surface area contributed by atoms with Gasteiger partial charge in [0, 0.05) is 6.54 Å². The molecule has 0 unspecified atom stereocenters. The summed E-state index contributed by atoms with van der Waals surface area (Å²) in [6.07, 6.45) is 7.56. The average Bonchev–Trinajstić information content (AvgIpc) is 2.27. The normalized spacial score (nSPS) is 34.1. The molecule has 0 N–H and O–H groups in total. The molecular weight excluding hydrogens is 134 g/mol. The summed E-state index contributed by atoms with van der Waals surface area (Å²) in [4.78, 5) is 2.48. The molecule has 1 saturated heterocycles. The Kier molecular flexibility index (Phi) is 2.17. The summed E-state index contributed by atoms with van der Waals surface area (Å²) in [7, 11) is 2.25. The van der Waals surface area contributed by atoms with Crippen molar-refractivity contribution in [3.05, 3.63) is 0 Å². The Bertz CT molecular complexity index is 129. The number of likely N-dealkylation sites (tertiary alicyclic amines) is 1. The van der Waals surface area contributed by atoms with Gasteiger partial charge in [0.1, 0.15) is 0 Å². The predicted molar refractivity (Wildman–Crippen MR) is 47.6 cm³/mol. The molecule has 1 heterocycles. The molecule has 0 aromatic carbocycles. The molecular formula is C10H19N. The van der Waals surface area contributed by atoms with Gasteiger partial charge in [0.2, 0.25) is 0 Å². The lowest BCUT2D eigenvalue weighted by Crippen LogP contribution is -2.18. The van der Waals surface area contributed by atoms with E-state index in [4.69, 9.17) is 0 Å². The second-order valence-electron chi connectivity index (χ2n) is 4.45. The van der Waals surface area contributed by atoms with Crippen molar-refractivity contribution < 1.29 is 0 Å².